The Morgan fingerprint density at radius 1 is 1.25 bits per heavy atom. The van der Waals surface area contributed by atoms with Gasteiger partial charge in [0.05, 0.1) is 0 Å². The number of hydrogen-bond acceptors (Lipinski definition) is 2. The first kappa shape index (κ1) is 12.7. The summed E-state index contributed by atoms with van der Waals surface area (Å²) in [5, 5.41) is 6.27. The standard InChI is InChI=1S/C17H18N2O/c1-12-5-4-6-13(9-12)11-18-17(20)16-10-14-7-2-3-8-15(14)19-16/h2-9,16,19H,10-11H2,1H3,(H,18,20)/t16-/m0/s1. The summed E-state index contributed by atoms with van der Waals surface area (Å²) in [5.74, 6) is 0.0581. The summed E-state index contributed by atoms with van der Waals surface area (Å²) >= 11 is 0. The van der Waals surface area contributed by atoms with E-state index in [2.05, 4.69) is 35.8 Å². The Hall–Kier alpha value is -2.29. The third kappa shape index (κ3) is 2.67. The first-order chi connectivity index (χ1) is 9.72. The van der Waals surface area contributed by atoms with Crippen molar-refractivity contribution in [2.75, 3.05) is 5.32 Å². The summed E-state index contributed by atoms with van der Waals surface area (Å²) < 4.78 is 0. The average Bonchev–Trinajstić information content (AvgIpc) is 2.89. The van der Waals surface area contributed by atoms with Crippen LogP contribution in [0.2, 0.25) is 0 Å². The Morgan fingerprint density at radius 3 is 2.90 bits per heavy atom. The second-order valence-corrected chi connectivity index (χ2v) is 5.27. The molecule has 3 nitrogen and oxygen atoms in total. The summed E-state index contributed by atoms with van der Waals surface area (Å²) in [4.78, 5) is 12.2. The summed E-state index contributed by atoms with van der Waals surface area (Å²) in [6, 6.07) is 16.1. The third-order valence-electron chi connectivity index (χ3n) is 3.64. The van der Waals surface area contributed by atoms with Crippen LogP contribution >= 0.6 is 0 Å². The molecule has 2 N–H and O–H groups in total. The lowest BCUT2D eigenvalue weighted by atomic mass is 10.1. The van der Waals surface area contributed by atoms with Crippen LogP contribution in [-0.2, 0) is 17.8 Å². The number of anilines is 1. The van der Waals surface area contributed by atoms with E-state index in [4.69, 9.17) is 0 Å². The molecule has 1 aliphatic heterocycles. The second kappa shape index (κ2) is 5.37. The van der Waals surface area contributed by atoms with Crippen molar-refractivity contribution >= 4 is 11.6 Å². The fraction of sp³-hybridized carbons (Fsp3) is 0.235. The van der Waals surface area contributed by atoms with Crippen molar-refractivity contribution in [2.45, 2.75) is 25.9 Å². The van der Waals surface area contributed by atoms with Gasteiger partial charge in [-0.1, -0.05) is 48.0 Å². The molecule has 0 aliphatic carbocycles. The number of fused-ring (bicyclic) bond motifs is 1. The van der Waals surface area contributed by atoms with Gasteiger partial charge < -0.3 is 10.6 Å². The normalized spacial score (nSPS) is 16.4. The monoisotopic (exact) mass is 266 g/mol. The van der Waals surface area contributed by atoms with Gasteiger partial charge in [-0.25, -0.2) is 0 Å². The Bertz CT molecular complexity index is 611. The van der Waals surface area contributed by atoms with Gasteiger partial charge in [-0.2, -0.15) is 0 Å². The molecular formula is C17H18N2O. The molecule has 3 rings (SSSR count). The molecule has 3 heteroatoms. The molecule has 1 aliphatic rings. The van der Waals surface area contributed by atoms with E-state index >= 15 is 0 Å². The highest BCUT2D eigenvalue weighted by atomic mass is 16.2. The maximum atomic E-state index is 12.2. The van der Waals surface area contributed by atoms with Crippen molar-refractivity contribution in [1.82, 2.24) is 5.32 Å². The van der Waals surface area contributed by atoms with Crippen LogP contribution in [0.5, 0.6) is 0 Å². The predicted octanol–water partition coefficient (Wildman–Crippen LogP) is 2.65. The summed E-state index contributed by atoms with van der Waals surface area (Å²) in [5.41, 5.74) is 4.63. The van der Waals surface area contributed by atoms with E-state index < -0.39 is 0 Å². The molecule has 0 unspecified atom stereocenters. The minimum Gasteiger partial charge on any atom is -0.373 e. The molecule has 1 heterocycles. The van der Waals surface area contributed by atoms with Gasteiger partial charge in [-0.3, -0.25) is 4.79 Å². The van der Waals surface area contributed by atoms with E-state index in [9.17, 15) is 4.79 Å². The molecule has 0 radical (unpaired) electrons. The minimum atomic E-state index is -0.155. The quantitative estimate of drug-likeness (QED) is 0.896. The van der Waals surface area contributed by atoms with Crippen LogP contribution in [0, 0.1) is 6.92 Å². The Balaban J connectivity index is 1.59. The van der Waals surface area contributed by atoms with Gasteiger partial charge in [0.25, 0.3) is 0 Å². The van der Waals surface area contributed by atoms with Gasteiger partial charge in [0.15, 0.2) is 0 Å². The average molecular weight is 266 g/mol. The Kier molecular flexibility index (Phi) is 3.42. The van der Waals surface area contributed by atoms with Gasteiger partial charge in [-0.05, 0) is 24.1 Å². The molecule has 0 fully saturated rings. The molecule has 1 amide bonds. The topological polar surface area (TPSA) is 41.1 Å². The number of nitrogens with one attached hydrogen (secondary N) is 2. The highest BCUT2D eigenvalue weighted by molar-refractivity contribution is 5.87. The molecule has 0 saturated heterocycles. The van der Waals surface area contributed by atoms with E-state index in [1.807, 2.05) is 30.3 Å². The number of para-hydroxylation sites is 1. The van der Waals surface area contributed by atoms with Crippen molar-refractivity contribution in [3.63, 3.8) is 0 Å². The van der Waals surface area contributed by atoms with Crippen LogP contribution in [0.4, 0.5) is 5.69 Å². The largest absolute Gasteiger partial charge is 0.373 e. The first-order valence-corrected chi connectivity index (χ1v) is 6.90. The zero-order valence-electron chi connectivity index (χ0n) is 11.5. The van der Waals surface area contributed by atoms with Crippen LogP contribution in [0.1, 0.15) is 16.7 Å². The fourth-order valence-corrected chi connectivity index (χ4v) is 2.59. The van der Waals surface area contributed by atoms with Crippen molar-refractivity contribution in [3.8, 4) is 0 Å². The molecule has 20 heavy (non-hydrogen) atoms. The molecule has 0 spiro atoms. The highest BCUT2D eigenvalue weighted by Gasteiger charge is 2.25. The van der Waals surface area contributed by atoms with Crippen molar-refractivity contribution in [3.05, 3.63) is 65.2 Å². The molecule has 0 saturated carbocycles. The number of carbonyl (C=O) groups excluding carboxylic acids is 1. The van der Waals surface area contributed by atoms with E-state index in [0.29, 0.717) is 6.54 Å². The molecule has 1 atom stereocenters. The van der Waals surface area contributed by atoms with Crippen molar-refractivity contribution in [1.29, 1.82) is 0 Å². The smallest absolute Gasteiger partial charge is 0.243 e. The van der Waals surface area contributed by atoms with Gasteiger partial charge in [0.1, 0.15) is 6.04 Å². The van der Waals surface area contributed by atoms with Crippen molar-refractivity contribution < 1.29 is 4.79 Å². The van der Waals surface area contributed by atoms with Crippen LogP contribution in [-0.4, -0.2) is 11.9 Å². The first-order valence-electron chi connectivity index (χ1n) is 6.90. The van der Waals surface area contributed by atoms with E-state index in [-0.39, 0.29) is 11.9 Å². The zero-order chi connectivity index (χ0) is 13.9. The second-order valence-electron chi connectivity index (χ2n) is 5.27. The van der Waals surface area contributed by atoms with Crippen LogP contribution in [0.25, 0.3) is 0 Å². The maximum Gasteiger partial charge on any atom is 0.243 e. The van der Waals surface area contributed by atoms with E-state index in [0.717, 1.165) is 17.7 Å². The van der Waals surface area contributed by atoms with Gasteiger partial charge >= 0.3 is 0 Å². The fourth-order valence-electron chi connectivity index (χ4n) is 2.59. The number of amides is 1. The van der Waals surface area contributed by atoms with Gasteiger partial charge in [0.2, 0.25) is 5.91 Å². The number of carbonyl (C=O) groups is 1. The number of aryl methyl sites for hydroxylation is 1. The minimum absolute atomic E-state index is 0.0581. The summed E-state index contributed by atoms with van der Waals surface area (Å²) in [7, 11) is 0. The molecule has 2 aromatic rings. The molecule has 102 valence electrons. The number of rotatable bonds is 3. The highest BCUT2D eigenvalue weighted by Crippen LogP contribution is 2.25. The van der Waals surface area contributed by atoms with E-state index in [1.165, 1.54) is 11.1 Å². The molecule has 0 bridgehead atoms. The zero-order valence-corrected chi connectivity index (χ0v) is 11.5. The molecular weight excluding hydrogens is 248 g/mol. The van der Waals surface area contributed by atoms with Crippen molar-refractivity contribution in [2.24, 2.45) is 0 Å². The van der Waals surface area contributed by atoms with Crippen LogP contribution < -0.4 is 10.6 Å². The summed E-state index contributed by atoms with van der Waals surface area (Å²) in [6.45, 7) is 2.63. The SMILES string of the molecule is Cc1cccc(CNC(=O)[C@@H]2Cc3ccccc3N2)c1. The lowest BCUT2D eigenvalue weighted by Crippen LogP contribution is -2.38. The van der Waals surface area contributed by atoms with Gasteiger partial charge in [0, 0.05) is 18.7 Å². The number of hydrogen-bond donors (Lipinski definition) is 2. The third-order valence-corrected chi connectivity index (χ3v) is 3.64. The van der Waals surface area contributed by atoms with Gasteiger partial charge in [-0.15, -0.1) is 0 Å². The molecule has 0 aromatic heterocycles. The van der Waals surface area contributed by atoms with Crippen LogP contribution in [0.3, 0.4) is 0 Å². The lowest BCUT2D eigenvalue weighted by Gasteiger charge is -2.12. The Morgan fingerprint density at radius 2 is 2.10 bits per heavy atom. The van der Waals surface area contributed by atoms with E-state index in [1.54, 1.807) is 0 Å². The lowest BCUT2D eigenvalue weighted by molar-refractivity contribution is -0.121. The summed E-state index contributed by atoms with van der Waals surface area (Å²) in [6.07, 6.45) is 0.760. The maximum absolute atomic E-state index is 12.2. The van der Waals surface area contributed by atoms with Crippen LogP contribution in [0.15, 0.2) is 48.5 Å². The predicted molar refractivity (Wildman–Crippen MR) is 80.6 cm³/mol. The number of benzene rings is 2. The molecule has 2 aromatic carbocycles. The Labute approximate surface area is 119 Å².